The monoisotopic (exact) mass is 408 g/mol. The number of rotatable bonds is 4. The lowest BCUT2D eigenvalue weighted by Crippen LogP contribution is -2.17. The summed E-state index contributed by atoms with van der Waals surface area (Å²) in [6.07, 6.45) is 4.07. The molecule has 0 spiro atoms. The van der Waals surface area contributed by atoms with Gasteiger partial charge in [-0.05, 0) is 56.2 Å². The van der Waals surface area contributed by atoms with Gasteiger partial charge < -0.3 is 4.42 Å². The summed E-state index contributed by atoms with van der Waals surface area (Å²) in [6.45, 7) is 1.72. The highest BCUT2D eigenvalue weighted by Gasteiger charge is 2.35. The third-order valence-corrected chi connectivity index (χ3v) is 6.03. The van der Waals surface area contributed by atoms with Gasteiger partial charge in [0.15, 0.2) is 0 Å². The van der Waals surface area contributed by atoms with Crippen molar-refractivity contribution in [2.24, 2.45) is 5.92 Å². The second-order valence-corrected chi connectivity index (χ2v) is 7.92. The Morgan fingerprint density at radius 2 is 1.88 bits per heavy atom. The molecule has 1 aromatic heterocycles. The van der Waals surface area contributed by atoms with Gasteiger partial charge in [-0.25, -0.2) is 8.78 Å². The van der Waals surface area contributed by atoms with Crippen LogP contribution in [0.15, 0.2) is 32.9 Å². The Morgan fingerprint density at radius 3 is 2.60 bits per heavy atom. The molecule has 0 radical (unpaired) electrons. The van der Waals surface area contributed by atoms with E-state index in [1.165, 1.54) is 6.07 Å². The van der Waals surface area contributed by atoms with Crippen LogP contribution in [0.3, 0.4) is 0 Å². The molecule has 0 N–H and O–H groups in total. The first-order valence-corrected chi connectivity index (χ1v) is 9.45. The van der Waals surface area contributed by atoms with Crippen molar-refractivity contribution in [1.29, 1.82) is 0 Å². The first kappa shape index (κ1) is 16.9. The van der Waals surface area contributed by atoms with Gasteiger partial charge in [-0.15, -0.1) is 10.2 Å². The molecular weight excluding hydrogens is 390 g/mol. The van der Waals surface area contributed by atoms with Crippen LogP contribution < -0.4 is 0 Å². The second-order valence-electron chi connectivity index (χ2n) is 7.06. The van der Waals surface area contributed by atoms with Gasteiger partial charge in [-0.3, -0.25) is 0 Å². The molecule has 6 heteroatoms. The van der Waals surface area contributed by atoms with E-state index in [1.54, 1.807) is 13.0 Å². The van der Waals surface area contributed by atoms with Gasteiger partial charge in [-0.1, -0.05) is 28.1 Å². The normalized spacial score (nSPS) is 24.0. The summed E-state index contributed by atoms with van der Waals surface area (Å²) in [5, 5.41) is 8.21. The van der Waals surface area contributed by atoms with Gasteiger partial charge in [0.05, 0.1) is 5.92 Å². The summed E-state index contributed by atoms with van der Waals surface area (Å²) in [7, 11) is 0. The van der Waals surface area contributed by atoms with Crippen molar-refractivity contribution in [3.8, 4) is 0 Å². The van der Waals surface area contributed by atoms with Crippen molar-refractivity contribution >= 4 is 15.9 Å². The van der Waals surface area contributed by atoms with Crippen LogP contribution in [-0.2, 0) is 6.42 Å². The number of aryl methyl sites for hydroxylation is 1. The van der Waals surface area contributed by atoms with Crippen LogP contribution in [-0.4, -0.2) is 10.2 Å². The van der Waals surface area contributed by atoms with E-state index in [2.05, 4.69) is 26.1 Å². The molecule has 4 rings (SSSR count). The van der Waals surface area contributed by atoms with Crippen molar-refractivity contribution in [2.75, 3.05) is 0 Å². The molecular formula is C19H19BrF2N2O. The number of hydrogen-bond donors (Lipinski definition) is 0. The molecule has 1 fully saturated rings. The third kappa shape index (κ3) is 3.41. The van der Waals surface area contributed by atoms with Crippen LogP contribution in [0.1, 0.15) is 60.4 Å². The predicted molar refractivity (Wildman–Crippen MR) is 93.6 cm³/mol. The van der Waals surface area contributed by atoms with Crippen LogP contribution in [0.25, 0.3) is 0 Å². The SMILES string of the molecule is Cc1ccc(CC2CCC(c3nnc(C4CC4)o3)C(Br)=C2F)cc1F. The summed E-state index contributed by atoms with van der Waals surface area (Å²) in [5.41, 5.74) is 1.42. The molecule has 0 amide bonds. The van der Waals surface area contributed by atoms with E-state index >= 15 is 0 Å². The molecule has 2 aliphatic rings. The van der Waals surface area contributed by atoms with Crippen molar-refractivity contribution in [2.45, 2.75) is 50.9 Å². The number of nitrogens with zero attached hydrogens (tertiary/aromatic N) is 2. The average Bonchev–Trinajstić information content (AvgIpc) is 3.33. The zero-order valence-corrected chi connectivity index (χ0v) is 15.5. The minimum Gasteiger partial charge on any atom is -0.424 e. The average molecular weight is 409 g/mol. The molecule has 0 aliphatic heterocycles. The summed E-state index contributed by atoms with van der Waals surface area (Å²) in [6, 6.07) is 5.11. The summed E-state index contributed by atoms with van der Waals surface area (Å²) in [5.74, 6) is 0.652. The molecule has 2 unspecified atom stereocenters. The lowest BCUT2D eigenvalue weighted by atomic mass is 9.84. The molecule has 25 heavy (non-hydrogen) atoms. The Morgan fingerprint density at radius 1 is 1.12 bits per heavy atom. The van der Waals surface area contributed by atoms with E-state index in [1.807, 2.05) is 6.07 Å². The zero-order chi connectivity index (χ0) is 17.6. The number of aromatic nitrogens is 2. The van der Waals surface area contributed by atoms with Crippen LogP contribution >= 0.6 is 15.9 Å². The Labute approximate surface area is 153 Å². The van der Waals surface area contributed by atoms with Gasteiger partial charge in [0.2, 0.25) is 11.8 Å². The number of allylic oxidation sites excluding steroid dienone is 2. The standard InChI is InChI=1S/C19H19BrF2N2O/c1-10-2-3-11(9-15(10)21)8-13-6-7-14(16(20)17(13)22)19-24-23-18(25-19)12-4-5-12/h2-3,9,12-14H,4-8H2,1H3. The predicted octanol–water partition coefficient (Wildman–Crippen LogP) is 5.71. The second kappa shape index (κ2) is 6.63. The molecule has 1 heterocycles. The number of hydrogen-bond acceptors (Lipinski definition) is 3. The summed E-state index contributed by atoms with van der Waals surface area (Å²) in [4.78, 5) is 0. The van der Waals surface area contributed by atoms with E-state index in [0.29, 0.717) is 40.6 Å². The minimum absolute atomic E-state index is 0.191. The largest absolute Gasteiger partial charge is 0.424 e. The van der Waals surface area contributed by atoms with E-state index < -0.39 is 0 Å². The van der Waals surface area contributed by atoms with Crippen LogP contribution in [0.4, 0.5) is 8.78 Å². The van der Waals surface area contributed by atoms with E-state index in [-0.39, 0.29) is 23.5 Å². The highest BCUT2D eigenvalue weighted by atomic mass is 79.9. The molecule has 2 atom stereocenters. The van der Waals surface area contributed by atoms with E-state index in [0.717, 1.165) is 24.8 Å². The summed E-state index contributed by atoms with van der Waals surface area (Å²) >= 11 is 3.40. The van der Waals surface area contributed by atoms with Gasteiger partial charge in [0, 0.05) is 16.3 Å². The lowest BCUT2D eigenvalue weighted by Gasteiger charge is -2.26. The van der Waals surface area contributed by atoms with Gasteiger partial charge in [0.1, 0.15) is 11.6 Å². The topological polar surface area (TPSA) is 38.9 Å². The maximum absolute atomic E-state index is 14.9. The molecule has 2 aliphatic carbocycles. The van der Waals surface area contributed by atoms with Crippen molar-refractivity contribution in [1.82, 2.24) is 10.2 Å². The first-order valence-electron chi connectivity index (χ1n) is 8.66. The van der Waals surface area contributed by atoms with Crippen molar-refractivity contribution in [3.05, 3.63) is 57.2 Å². The lowest BCUT2D eigenvalue weighted by molar-refractivity contribution is 0.353. The Kier molecular flexibility index (Phi) is 4.48. The van der Waals surface area contributed by atoms with Crippen LogP contribution in [0, 0.1) is 18.7 Å². The van der Waals surface area contributed by atoms with E-state index in [9.17, 15) is 8.78 Å². The van der Waals surface area contributed by atoms with Crippen molar-refractivity contribution in [3.63, 3.8) is 0 Å². The fourth-order valence-electron chi connectivity index (χ4n) is 3.34. The molecule has 1 aromatic carbocycles. The van der Waals surface area contributed by atoms with Crippen molar-refractivity contribution < 1.29 is 13.2 Å². The minimum atomic E-state index is -0.251. The number of benzene rings is 1. The Bertz CT molecular complexity index is 829. The van der Waals surface area contributed by atoms with Gasteiger partial charge in [0.25, 0.3) is 0 Å². The fraction of sp³-hybridized carbons (Fsp3) is 0.474. The van der Waals surface area contributed by atoms with Gasteiger partial charge in [-0.2, -0.15) is 0 Å². The Hall–Kier alpha value is -1.56. The molecule has 2 aromatic rings. The van der Waals surface area contributed by atoms with E-state index in [4.69, 9.17) is 4.42 Å². The smallest absolute Gasteiger partial charge is 0.224 e. The molecule has 1 saturated carbocycles. The van der Waals surface area contributed by atoms with Crippen LogP contribution in [0.2, 0.25) is 0 Å². The summed E-state index contributed by atoms with van der Waals surface area (Å²) < 4.78 is 34.8. The molecule has 3 nitrogen and oxygen atoms in total. The first-order chi connectivity index (χ1) is 12.0. The number of halogens is 3. The van der Waals surface area contributed by atoms with Gasteiger partial charge >= 0.3 is 0 Å². The third-order valence-electron chi connectivity index (χ3n) is 5.10. The fourth-order valence-corrected chi connectivity index (χ4v) is 4.09. The highest BCUT2D eigenvalue weighted by Crippen LogP contribution is 2.46. The quantitative estimate of drug-likeness (QED) is 0.650. The highest BCUT2D eigenvalue weighted by molar-refractivity contribution is 9.11. The maximum atomic E-state index is 14.9. The van der Waals surface area contributed by atoms with Crippen LogP contribution in [0.5, 0.6) is 0 Å². The zero-order valence-electron chi connectivity index (χ0n) is 13.9. The molecule has 0 saturated heterocycles. The molecule has 132 valence electrons. The molecule has 0 bridgehead atoms. The Balaban J connectivity index is 1.52. The maximum Gasteiger partial charge on any atom is 0.224 e.